The normalized spacial score (nSPS) is 10.9. The number of rotatable bonds is 5. The second kappa shape index (κ2) is 7.43. The van der Waals surface area contributed by atoms with E-state index in [4.69, 9.17) is 4.42 Å². The van der Waals surface area contributed by atoms with E-state index in [0.717, 1.165) is 31.6 Å². The number of nitrogens with one attached hydrogen (secondary N) is 1. The summed E-state index contributed by atoms with van der Waals surface area (Å²) in [7, 11) is 0. The standard InChI is InChI=1S/C18H14Br2FNO/c19-13-3-7-16(17(20)9-13)18-8-6-15(23-18)11-22-10-12-1-4-14(21)5-2-12/h1-9,22H,10-11H2. The number of hydrogen-bond donors (Lipinski definition) is 1. The van der Waals surface area contributed by atoms with Crippen molar-refractivity contribution in [1.82, 2.24) is 5.32 Å². The van der Waals surface area contributed by atoms with Gasteiger partial charge in [-0.3, -0.25) is 0 Å². The van der Waals surface area contributed by atoms with Crippen LogP contribution in [0, 0.1) is 5.82 Å². The summed E-state index contributed by atoms with van der Waals surface area (Å²) in [5, 5.41) is 3.29. The highest BCUT2D eigenvalue weighted by molar-refractivity contribution is 9.11. The number of hydrogen-bond acceptors (Lipinski definition) is 2. The molecule has 0 bridgehead atoms. The monoisotopic (exact) mass is 437 g/mol. The van der Waals surface area contributed by atoms with Gasteiger partial charge in [0.25, 0.3) is 0 Å². The van der Waals surface area contributed by atoms with Crippen molar-refractivity contribution in [2.24, 2.45) is 0 Å². The first-order chi connectivity index (χ1) is 11.1. The molecule has 0 amide bonds. The van der Waals surface area contributed by atoms with Gasteiger partial charge in [0.2, 0.25) is 0 Å². The Bertz CT molecular complexity index is 799. The van der Waals surface area contributed by atoms with Crippen LogP contribution >= 0.6 is 31.9 Å². The van der Waals surface area contributed by atoms with Crippen molar-refractivity contribution in [3.05, 3.63) is 80.7 Å². The van der Waals surface area contributed by atoms with Crippen LogP contribution in [0.1, 0.15) is 11.3 Å². The van der Waals surface area contributed by atoms with E-state index in [0.29, 0.717) is 13.1 Å². The van der Waals surface area contributed by atoms with E-state index < -0.39 is 0 Å². The van der Waals surface area contributed by atoms with Crippen LogP contribution in [0.2, 0.25) is 0 Å². The minimum atomic E-state index is -0.218. The SMILES string of the molecule is Fc1ccc(CNCc2ccc(-c3ccc(Br)cc3Br)o2)cc1. The predicted molar refractivity (Wildman–Crippen MR) is 96.5 cm³/mol. The van der Waals surface area contributed by atoms with Gasteiger partial charge in [0, 0.05) is 21.1 Å². The van der Waals surface area contributed by atoms with Gasteiger partial charge in [-0.1, -0.05) is 28.1 Å². The summed E-state index contributed by atoms with van der Waals surface area (Å²) in [6.07, 6.45) is 0. The average molecular weight is 439 g/mol. The van der Waals surface area contributed by atoms with E-state index in [1.165, 1.54) is 12.1 Å². The maximum atomic E-state index is 12.9. The molecule has 0 unspecified atom stereocenters. The molecular weight excluding hydrogens is 425 g/mol. The van der Waals surface area contributed by atoms with Crippen molar-refractivity contribution in [3.63, 3.8) is 0 Å². The Morgan fingerprint density at radius 1 is 0.913 bits per heavy atom. The maximum absolute atomic E-state index is 12.9. The van der Waals surface area contributed by atoms with Gasteiger partial charge in [0.15, 0.2) is 0 Å². The highest BCUT2D eigenvalue weighted by Gasteiger charge is 2.08. The fourth-order valence-electron chi connectivity index (χ4n) is 2.24. The smallest absolute Gasteiger partial charge is 0.135 e. The van der Waals surface area contributed by atoms with Crippen molar-refractivity contribution in [1.29, 1.82) is 0 Å². The molecule has 0 saturated carbocycles. The van der Waals surface area contributed by atoms with E-state index in [1.807, 2.05) is 30.3 Å². The van der Waals surface area contributed by atoms with Crippen LogP contribution in [0.3, 0.4) is 0 Å². The summed E-state index contributed by atoms with van der Waals surface area (Å²) in [5.41, 5.74) is 2.05. The topological polar surface area (TPSA) is 25.2 Å². The van der Waals surface area contributed by atoms with E-state index in [9.17, 15) is 4.39 Å². The van der Waals surface area contributed by atoms with Gasteiger partial charge in [-0.05, 0) is 64.0 Å². The second-order valence-corrected chi connectivity index (χ2v) is 6.89. The van der Waals surface area contributed by atoms with Crippen LogP contribution in [0.15, 0.2) is 68.0 Å². The molecule has 5 heteroatoms. The van der Waals surface area contributed by atoms with Gasteiger partial charge in [-0.2, -0.15) is 0 Å². The van der Waals surface area contributed by atoms with Gasteiger partial charge >= 0.3 is 0 Å². The highest BCUT2D eigenvalue weighted by Crippen LogP contribution is 2.31. The molecule has 1 N–H and O–H groups in total. The van der Waals surface area contributed by atoms with E-state index in [1.54, 1.807) is 12.1 Å². The van der Waals surface area contributed by atoms with Gasteiger partial charge in [-0.25, -0.2) is 4.39 Å². The number of furan rings is 1. The van der Waals surface area contributed by atoms with Crippen molar-refractivity contribution in [3.8, 4) is 11.3 Å². The summed E-state index contributed by atoms with van der Waals surface area (Å²) >= 11 is 6.99. The Balaban J connectivity index is 1.62. The number of halogens is 3. The van der Waals surface area contributed by atoms with Crippen molar-refractivity contribution >= 4 is 31.9 Å². The molecular formula is C18H14Br2FNO. The zero-order valence-corrected chi connectivity index (χ0v) is 15.3. The van der Waals surface area contributed by atoms with Gasteiger partial charge < -0.3 is 9.73 Å². The Morgan fingerprint density at radius 3 is 2.43 bits per heavy atom. The molecule has 118 valence electrons. The third kappa shape index (κ3) is 4.31. The molecule has 0 spiro atoms. The van der Waals surface area contributed by atoms with Gasteiger partial charge in [0.05, 0.1) is 6.54 Å². The first kappa shape index (κ1) is 16.4. The van der Waals surface area contributed by atoms with Crippen LogP contribution in [0.5, 0.6) is 0 Å². The summed E-state index contributed by atoms with van der Waals surface area (Å²) < 4.78 is 20.7. The van der Waals surface area contributed by atoms with E-state index >= 15 is 0 Å². The first-order valence-corrected chi connectivity index (χ1v) is 8.70. The molecule has 0 atom stereocenters. The highest BCUT2D eigenvalue weighted by atomic mass is 79.9. The lowest BCUT2D eigenvalue weighted by atomic mass is 10.2. The Kier molecular flexibility index (Phi) is 5.30. The quantitative estimate of drug-likeness (QED) is 0.536. The van der Waals surface area contributed by atoms with Gasteiger partial charge in [0.1, 0.15) is 17.3 Å². The third-order valence-corrected chi connectivity index (χ3v) is 4.55. The minimum Gasteiger partial charge on any atom is -0.460 e. The fourth-order valence-corrected chi connectivity index (χ4v) is 3.48. The zero-order chi connectivity index (χ0) is 16.2. The molecule has 0 aliphatic rings. The molecule has 0 fully saturated rings. The van der Waals surface area contributed by atoms with Crippen LogP contribution in [0.4, 0.5) is 4.39 Å². The predicted octanol–water partition coefficient (Wildman–Crippen LogP) is 5.90. The molecule has 3 rings (SSSR count). The van der Waals surface area contributed by atoms with Crippen LogP contribution < -0.4 is 5.32 Å². The van der Waals surface area contributed by atoms with Crippen LogP contribution in [-0.2, 0) is 13.1 Å². The van der Waals surface area contributed by atoms with Gasteiger partial charge in [-0.15, -0.1) is 0 Å². The molecule has 1 aromatic heterocycles. The largest absolute Gasteiger partial charge is 0.460 e. The average Bonchev–Trinajstić information content (AvgIpc) is 2.98. The Hall–Kier alpha value is -1.43. The molecule has 0 aliphatic heterocycles. The molecule has 2 nitrogen and oxygen atoms in total. The van der Waals surface area contributed by atoms with Crippen LogP contribution in [-0.4, -0.2) is 0 Å². The molecule has 0 radical (unpaired) electrons. The Morgan fingerprint density at radius 2 is 1.70 bits per heavy atom. The zero-order valence-electron chi connectivity index (χ0n) is 12.2. The lowest BCUT2D eigenvalue weighted by molar-refractivity contribution is 0.493. The summed E-state index contributed by atoms with van der Waals surface area (Å²) in [6.45, 7) is 1.28. The molecule has 2 aromatic carbocycles. The molecule has 3 aromatic rings. The lowest BCUT2D eigenvalue weighted by Gasteiger charge is -2.04. The third-order valence-electron chi connectivity index (χ3n) is 3.40. The molecule has 0 saturated heterocycles. The van der Waals surface area contributed by atoms with Crippen molar-refractivity contribution in [2.75, 3.05) is 0 Å². The maximum Gasteiger partial charge on any atom is 0.135 e. The molecule has 1 heterocycles. The van der Waals surface area contributed by atoms with Crippen molar-refractivity contribution in [2.45, 2.75) is 13.1 Å². The summed E-state index contributed by atoms with van der Waals surface area (Å²) in [4.78, 5) is 0. The molecule has 0 aliphatic carbocycles. The summed E-state index contributed by atoms with van der Waals surface area (Å²) in [5.74, 6) is 1.46. The van der Waals surface area contributed by atoms with E-state index in [-0.39, 0.29) is 5.82 Å². The Labute approximate surface area is 151 Å². The first-order valence-electron chi connectivity index (χ1n) is 7.11. The number of benzene rings is 2. The minimum absolute atomic E-state index is 0.218. The second-order valence-electron chi connectivity index (χ2n) is 5.12. The summed E-state index contributed by atoms with van der Waals surface area (Å²) in [6, 6.07) is 16.4. The lowest BCUT2D eigenvalue weighted by Crippen LogP contribution is -2.11. The van der Waals surface area contributed by atoms with Crippen LogP contribution in [0.25, 0.3) is 11.3 Å². The van der Waals surface area contributed by atoms with E-state index in [2.05, 4.69) is 37.2 Å². The fraction of sp³-hybridized carbons (Fsp3) is 0.111. The molecule has 23 heavy (non-hydrogen) atoms. The van der Waals surface area contributed by atoms with Crippen molar-refractivity contribution < 1.29 is 8.81 Å².